The first-order valence-corrected chi connectivity index (χ1v) is 14.1. The van der Waals surface area contributed by atoms with Gasteiger partial charge in [0.15, 0.2) is 5.65 Å². The molecule has 0 bridgehead atoms. The summed E-state index contributed by atoms with van der Waals surface area (Å²) in [6, 6.07) is 15.1. The van der Waals surface area contributed by atoms with Crippen molar-refractivity contribution in [2.75, 3.05) is 39.0 Å². The highest BCUT2D eigenvalue weighted by Gasteiger charge is 2.41. The van der Waals surface area contributed by atoms with Gasteiger partial charge < -0.3 is 15.8 Å². The molecule has 0 saturated carbocycles. The molecule has 0 radical (unpaired) electrons. The maximum Gasteiger partial charge on any atom is 0.165 e. The molecule has 8 heteroatoms. The molecule has 2 aromatic carbocycles. The topological polar surface area (TPSA) is 77.5 Å². The summed E-state index contributed by atoms with van der Waals surface area (Å²) in [7, 11) is 1.73. The van der Waals surface area contributed by atoms with Gasteiger partial charge in [-0.25, -0.2) is 4.98 Å². The number of hydrogen-bond donors (Lipinski definition) is 2. The van der Waals surface area contributed by atoms with E-state index in [-0.39, 0.29) is 0 Å². The molecule has 4 aromatic rings. The first-order chi connectivity index (χ1) is 18.5. The number of nitrogens with two attached hydrogens (primary N) is 1. The van der Waals surface area contributed by atoms with Crippen molar-refractivity contribution in [2.45, 2.75) is 45.1 Å². The lowest BCUT2D eigenvalue weighted by molar-refractivity contribution is 0.139. The molecule has 198 valence electrons. The lowest BCUT2D eigenvalue weighted by atomic mass is 9.94. The van der Waals surface area contributed by atoms with Gasteiger partial charge in [0.1, 0.15) is 17.3 Å². The Morgan fingerprint density at radius 3 is 2.58 bits per heavy atom. The Balaban J connectivity index is 1.49. The number of ether oxygens (including phenoxy) is 1. The Hall–Kier alpha value is -3.13. The monoisotopic (exact) mass is 531 g/mol. The SMILES string of the molecule is COc1ccc([N+]2(C3CCNCC3)CCCCC2)cc1-c1cnn2c(N)c(-c3cccc(Cl)c3)c(C)nc12. The smallest absolute Gasteiger partial charge is 0.165 e. The molecule has 6 rings (SSSR count). The second-order valence-electron chi connectivity index (χ2n) is 10.7. The summed E-state index contributed by atoms with van der Waals surface area (Å²) < 4.78 is 8.68. The van der Waals surface area contributed by atoms with Gasteiger partial charge in [0, 0.05) is 54.2 Å². The number of aryl methyl sites for hydroxylation is 1. The van der Waals surface area contributed by atoms with Gasteiger partial charge >= 0.3 is 0 Å². The number of nitrogen functional groups attached to an aromatic ring is 1. The number of aromatic nitrogens is 3. The predicted molar refractivity (Wildman–Crippen MR) is 156 cm³/mol. The number of likely N-dealkylation sites (tertiary alicyclic amines) is 1. The van der Waals surface area contributed by atoms with E-state index in [9.17, 15) is 0 Å². The third-order valence-electron chi connectivity index (χ3n) is 8.59. The quantitative estimate of drug-likeness (QED) is 0.315. The van der Waals surface area contributed by atoms with Gasteiger partial charge in [0.25, 0.3) is 0 Å². The number of methoxy groups -OCH3 is 1. The average Bonchev–Trinajstić information content (AvgIpc) is 3.37. The third-order valence-corrected chi connectivity index (χ3v) is 8.82. The molecule has 3 N–H and O–H groups in total. The number of rotatable bonds is 5. The Bertz CT molecular complexity index is 1470. The van der Waals surface area contributed by atoms with Crippen LogP contribution in [-0.2, 0) is 0 Å². The molecular formula is C30H36ClN6O+. The number of piperidine rings is 2. The largest absolute Gasteiger partial charge is 0.496 e. The summed E-state index contributed by atoms with van der Waals surface area (Å²) in [5.74, 6) is 1.37. The first kappa shape index (κ1) is 25.2. The summed E-state index contributed by atoms with van der Waals surface area (Å²) in [4.78, 5) is 5.01. The summed E-state index contributed by atoms with van der Waals surface area (Å²) in [5, 5.41) is 8.91. The zero-order chi connectivity index (χ0) is 26.3. The van der Waals surface area contributed by atoms with Gasteiger partial charge in [-0.3, -0.25) is 4.48 Å². The minimum absolute atomic E-state index is 0.547. The molecule has 0 unspecified atom stereocenters. The number of fused-ring (bicyclic) bond motifs is 1. The minimum Gasteiger partial charge on any atom is -0.496 e. The third kappa shape index (κ3) is 4.23. The molecule has 2 aromatic heterocycles. The number of anilines is 1. The van der Waals surface area contributed by atoms with E-state index < -0.39 is 0 Å². The molecule has 38 heavy (non-hydrogen) atoms. The van der Waals surface area contributed by atoms with Crippen LogP contribution in [0.1, 0.15) is 37.8 Å². The van der Waals surface area contributed by atoms with Crippen LogP contribution in [0, 0.1) is 6.92 Å². The summed E-state index contributed by atoms with van der Waals surface area (Å²) in [5.41, 5.74) is 13.4. The van der Waals surface area contributed by atoms with E-state index in [1.165, 1.54) is 50.9 Å². The molecule has 0 atom stereocenters. The Labute approximate surface area is 229 Å². The van der Waals surface area contributed by atoms with Gasteiger partial charge in [0.2, 0.25) is 0 Å². The number of benzene rings is 2. The lowest BCUT2D eigenvalue weighted by Gasteiger charge is -2.48. The van der Waals surface area contributed by atoms with Gasteiger partial charge in [-0.1, -0.05) is 23.7 Å². The molecular weight excluding hydrogens is 496 g/mol. The van der Waals surface area contributed by atoms with Gasteiger partial charge in [-0.15, -0.1) is 0 Å². The number of quaternary nitrogens is 1. The van der Waals surface area contributed by atoms with Gasteiger partial charge in [-0.05, 0) is 49.9 Å². The second-order valence-corrected chi connectivity index (χ2v) is 11.1. The first-order valence-electron chi connectivity index (χ1n) is 13.7. The zero-order valence-corrected chi connectivity index (χ0v) is 23.0. The molecule has 2 fully saturated rings. The summed E-state index contributed by atoms with van der Waals surface area (Å²) in [6.07, 6.45) is 8.15. The molecule has 0 amide bonds. The van der Waals surface area contributed by atoms with Crippen molar-refractivity contribution in [3.8, 4) is 28.0 Å². The number of nitrogens with one attached hydrogen (secondary N) is 1. The highest BCUT2D eigenvalue weighted by molar-refractivity contribution is 6.30. The van der Waals surface area contributed by atoms with Crippen LogP contribution in [0.15, 0.2) is 48.7 Å². The molecule has 7 nitrogen and oxygen atoms in total. The van der Waals surface area contributed by atoms with Crippen LogP contribution >= 0.6 is 11.6 Å². The van der Waals surface area contributed by atoms with Crippen LogP contribution in [-0.4, -0.2) is 53.9 Å². The van der Waals surface area contributed by atoms with Crippen molar-refractivity contribution in [1.82, 2.24) is 24.4 Å². The van der Waals surface area contributed by atoms with Crippen molar-refractivity contribution in [1.29, 1.82) is 0 Å². The fraction of sp³-hybridized carbons (Fsp3) is 0.400. The fourth-order valence-corrected chi connectivity index (χ4v) is 6.91. The van der Waals surface area contributed by atoms with E-state index in [0.29, 0.717) is 16.9 Å². The highest BCUT2D eigenvalue weighted by Crippen LogP contribution is 2.42. The highest BCUT2D eigenvalue weighted by atomic mass is 35.5. The Morgan fingerprint density at radius 1 is 1.05 bits per heavy atom. The van der Waals surface area contributed by atoms with E-state index in [1.54, 1.807) is 11.6 Å². The Morgan fingerprint density at radius 2 is 1.84 bits per heavy atom. The lowest BCUT2D eigenvalue weighted by Crippen LogP contribution is -2.62. The van der Waals surface area contributed by atoms with Gasteiger partial charge in [-0.2, -0.15) is 9.61 Å². The average molecular weight is 532 g/mol. The van der Waals surface area contributed by atoms with E-state index >= 15 is 0 Å². The van der Waals surface area contributed by atoms with Crippen LogP contribution in [0.4, 0.5) is 11.5 Å². The molecule has 2 aliphatic rings. The van der Waals surface area contributed by atoms with Crippen LogP contribution < -0.4 is 20.3 Å². The number of hydrogen-bond acceptors (Lipinski definition) is 5. The molecule has 0 spiro atoms. The van der Waals surface area contributed by atoms with Crippen molar-refractivity contribution >= 4 is 28.8 Å². The maximum atomic E-state index is 6.71. The van der Waals surface area contributed by atoms with Crippen molar-refractivity contribution in [3.63, 3.8) is 0 Å². The standard InChI is InChI=1S/C30H36ClN6O/c1-20-28(21-7-6-8-22(31)17-21)29(32)36-30(35-20)26(19-34-36)25-18-24(9-10-27(25)38-2)37(15-4-3-5-16-37)23-11-13-33-14-12-23/h6-10,17-19,23,33H,3-5,11-16,32H2,1-2H3/q+1. The van der Waals surface area contributed by atoms with Crippen molar-refractivity contribution in [3.05, 3.63) is 59.4 Å². The second kappa shape index (κ2) is 10.2. The van der Waals surface area contributed by atoms with Crippen LogP contribution in [0.3, 0.4) is 0 Å². The fourth-order valence-electron chi connectivity index (χ4n) is 6.72. The molecule has 0 aliphatic carbocycles. The van der Waals surface area contributed by atoms with Crippen molar-refractivity contribution < 1.29 is 4.74 Å². The zero-order valence-electron chi connectivity index (χ0n) is 22.2. The van der Waals surface area contributed by atoms with Crippen molar-refractivity contribution in [2.24, 2.45) is 0 Å². The van der Waals surface area contributed by atoms with E-state index in [0.717, 1.165) is 56.9 Å². The molecule has 4 heterocycles. The molecule has 2 aliphatic heterocycles. The van der Waals surface area contributed by atoms with Crippen LogP contribution in [0.2, 0.25) is 5.02 Å². The van der Waals surface area contributed by atoms with Crippen LogP contribution in [0.25, 0.3) is 27.9 Å². The van der Waals surface area contributed by atoms with E-state index in [1.807, 2.05) is 37.4 Å². The summed E-state index contributed by atoms with van der Waals surface area (Å²) in [6.45, 7) is 6.57. The van der Waals surface area contributed by atoms with Crippen LogP contribution in [0.5, 0.6) is 5.75 Å². The number of nitrogens with zero attached hydrogens (tertiary/aromatic N) is 4. The van der Waals surface area contributed by atoms with E-state index in [4.69, 9.17) is 32.2 Å². The van der Waals surface area contributed by atoms with Gasteiger partial charge in [0.05, 0.1) is 43.7 Å². The number of halogens is 1. The van der Waals surface area contributed by atoms with E-state index in [2.05, 4.69) is 23.5 Å². The summed E-state index contributed by atoms with van der Waals surface area (Å²) >= 11 is 6.28. The normalized spacial score (nSPS) is 18.1. The Kier molecular flexibility index (Phi) is 6.76. The maximum absolute atomic E-state index is 6.71. The minimum atomic E-state index is 0.547. The molecule has 2 saturated heterocycles. The predicted octanol–water partition coefficient (Wildman–Crippen LogP) is 5.86.